The first-order chi connectivity index (χ1) is 14.8. The molecule has 0 radical (unpaired) electrons. The van der Waals surface area contributed by atoms with E-state index in [1.165, 1.54) is 23.9 Å². The van der Waals surface area contributed by atoms with Gasteiger partial charge in [0.2, 0.25) is 0 Å². The zero-order valence-corrected chi connectivity index (χ0v) is 17.4. The summed E-state index contributed by atoms with van der Waals surface area (Å²) in [5.74, 6) is -0.294. The Balaban J connectivity index is 1.89. The first-order valence-corrected chi connectivity index (χ1v) is 9.70. The van der Waals surface area contributed by atoms with Gasteiger partial charge in [0, 0.05) is 18.5 Å². The van der Waals surface area contributed by atoms with Crippen molar-refractivity contribution < 1.29 is 23.0 Å². The molecule has 0 saturated heterocycles. The SMILES string of the molecule is COc1ccc(CNC(=O)c2nn(CC(C)C)c(=O)c3ccccc23)cc1OC(F)F. The number of aromatic nitrogens is 2. The minimum Gasteiger partial charge on any atom is -0.493 e. The molecule has 0 aliphatic carbocycles. The van der Waals surface area contributed by atoms with Gasteiger partial charge in [-0.25, -0.2) is 4.68 Å². The van der Waals surface area contributed by atoms with Crippen LogP contribution in [0.4, 0.5) is 8.78 Å². The topological polar surface area (TPSA) is 82.5 Å². The number of amides is 1. The zero-order chi connectivity index (χ0) is 22.5. The van der Waals surface area contributed by atoms with Crippen LogP contribution in [0.15, 0.2) is 47.3 Å². The molecule has 1 N–H and O–H groups in total. The first-order valence-electron chi connectivity index (χ1n) is 9.70. The van der Waals surface area contributed by atoms with Gasteiger partial charge in [-0.3, -0.25) is 9.59 Å². The maximum atomic E-state index is 12.9. The van der Waals surface area contributed by atoms with Crippen LogP contribution in [-0.2, 0) is 13.1 Å². The second-order valence-corrected chi connectivity index (χ2v) is 7.32. The van der Waals surface area contributed by atoms with Gasteiger partial charge in [0.1, 0.15) is 0 Å². The van der Waals surface area contributed by atoms with Gasteiger partial charge in [-0.1, -0.05) is 38.1 Å². The molecule has 9 heteroatoms. The molecule has 0 fully saturated rings. The van der Waals surface area contributed by atoms with Crippen molar-refractivity contribution in [3.05, 3.63) is 64.1 Å². The van der Waals surface area contributed by atoms with Crippen LogP contribution in [0.5, 0.6) is 11.5 Å². The quantitative estimate of drug-likeness (QED) is 0.589. The van der Waals surface area contributed by atoms with Crippen molar-refractivity contribution in [2.24, 2.45) is 5.92 Å². The average molecular weight is 431 g/mol. The van der Waals surface area contributed by atoms with Gasteiger partial charge in [0.05, 0.1) is 12.5 Å². The van der Waals surface area contributed by atoms with Crippen LogP contribution in [0.25, 0.3) is 10.8 Å². The van der Waals surface area contributed by atoms with Crippen LogP contribution < -0.4 is 20.3 Å². The molecule has 0 spiro atoms. The Morgan fingerprint density at radius 3 is 2.48 bits per heavy atom. The normalized spacial score (nSPS) is 11.2. The fraction of sp³-hybridized carbons (Fsp3) is 0.318. The Kier molecular flexibility index (Phi) is 6.84. The second kappa shape index (κ2) is 9.55. The molecule has 0 bridgehead atoms. The predicted molar refractivity (Wildman–Crippen MR) is 112 cm³/mol. The van der Waals surface area contributed by atoms with Crippen molar-refractivity contribution in [1.82, 2.24) is 15.1 Å². The van der Waals surface area contributed by atoms with Gasteiger partial charge >= 0.3 is 6.61 Å². The van der Waals surface area contributed by atoms with Gasteiger partial charge in [-0.2, -0.15) is 13.9 Å². The summed E-state index contributed by atoms with van der Waals surface area (Å²) in [6.45, 7) is 1.31. The molecule has 0 saturated carbocycles. The number of nitrogens with zero attached hydrogens (tertiary/aromatic N) is 2. The summed E-state index contributed by atoms with van der Waals surface area (Å²) in [6, 6.07) is 11.3. The van der Waals surface area contributed by atoms with Crippen molar-refractivity contribution >= 4 is 16.7 Å². The number of hydrogen-bond acceptors (Lipinski definition) is 5. The lowest BCUT2D eigenvalue weighted by Gasteiger charge is -2.14. The smallest absolute Gasteiger partial charge is 0.387 e. The number of benzene rings is 2. The molecule has 1 amide bonds. The van der Waals surface area contributed by atoms with E-state index >= 15 is 0 Å². The maximum absolute atomic E-state index is 12.9. The van der Waals surface area contributed by atoms with E-state index in [4.69, 9.17) is 4.74 Å². The van der Waals surface area contributed by atoms with E-state index in [2.05, 4.69) is 15.2 Å². The number of halogens is 2. The number of carbonyl (C=O) groups is 1. The Labute approximate surface area is 177 Å². The van der Waals surface area contributed by atoms with E-state index in [1.807, 2.05) is 13.8 Å². The van der Waals surface area contributed by atoms with E-state index in [0.29, 0.717) is 22.9 Å². The van der Waals surface area contributed by atoms with E-state index in [-0.39, 0.29) is 35.2 Å². The summed E-state index contributed by atoms with van der Waals surface area (Å²) in [6.07, 6.45) is 0. The van der Waals surface area contributed by atoms with E-state index in [1.54, 1.807) is 30.3 Å². The third kappa shape index (κ3) is 5.17. The lowest BCUT2D eigenvalue weighted by Crippen LogP contribution is -2.31. The molecule has 0 unspecified atom stereocenters. The lowest BCUT2D eigenvalue weighted by atomic mass is 10.1. The Morgan fingerprint density at radius 1 is 1.13 bits per heavy atom. The summed E-state index contributed by atoms with van der Waals surface area (Å²) < 4.78 is 36.0. The third-order valence-corrected chi connectivity index (χ3v) is 4.52. The molecule has 0 atom stereocenters. The molecule has 0 aliphatic rings. The molecular weight excluding hydrogens is 408 g/mol. The van der Waals surface area contributed by atoms with Gasteiger partial charge in [-0.15, -0.1) is 0 Å². The lowest BCUT2D eigenvalue weighted by molar-refractivity contribution is -0.0512. The first kappa shape index (κ1) is 22.2. The highest BCUT2D eigenvalue weighted by Gasteiger charge is 2.18. The third-order valence-electron chi connectivity index (χ3n) is 4.52. The predicted octanol–water partition coefficient (Wildman–Crippen LogP) is 3.59. The largest absolute Gasteiger partial charge is 0.493 e. The number of nitrogens with one attached hydrogen (secondary N) is 1. The monoisotopic (exact) mass is 431 g/mol. The van der Waals surface area contributed by atoms with Gasteiger partial charge in [0.15, 0.2) is 17.2 Å². The number of ether oxygens (including phenoxy) is 2. The Bertz CT molecular complexity index is 1150. The van der Waals surface area contributed by atoms with Crippen LogP contribution in [0, 0.1) is 5.92 Å². The Morgan fingerprint density at radius 2 is 1.84 bits per heavy atom. The molecule has 0 aliphatic heterocycles. The summed E-state index contributed by atoms with van der Waals surface area (Å²) in [5.41, 5.74) is 0.391. The minimum atomic E-state index is -3.00. The standard InChI is InChI=1S/C22H23F2N3O4/c1-13(2)12-27-21(29)16-7-5-4-6-15(16)19(26-27)20(28)25-11-14-8-9-17(30-3)18(10-14)31-22(23)24/h4-10,13,22H,11-12H2,1-3H3,(H,25,28). The molecule has 7 nitrogen and oxygen atoms in total. The van der Waals surface area contributed by atoms with Crippen LogP contribution >= 0.6 is 0 Å². The molecule has 3 rings (SSSR count). The zero-order valence-electron chi connectivity index (χ0n) is 17.4. The van der Waals surface area contributed by atoms with Crippen molar-refractivity contribution in [1.29, 1.82) is 0 Å². The van der Waals surface area contributed by atoms with Gasteiger partial charge < -0.3 is 14.8 Å². The summed E-state index contributed by atoms with van der Waals surface area (Å²) >= 11 is 0. The molecular formula is C22H23F2N3O4. The van der Waals surface area contributed by atoms with Crippen LogP contribution in [0.2, 0.25) is 0 Å². The minimum absolute atomic E-state index is 0.0434. The summed E-state index contributed by atoms with van der Waals surface area (Å²) in [7, 11) is 1.35. The molecule has 164 valence electrons. The highest BCUT2D eigenvalue weighted by Crippen LogP contribution is 2.29. The summed E-state index contributed by atoms with van der Waals surface area (Å²) in [4.78, 5) is 25.6. The number of fused-ring (bicyclic) bond motifs is 1. The van der Waals surface area contributed by atoms with E-state index < -0.39 is 12.5 Å². The van der Waals surface area contributed by atoms with Crippen LogP contribution in [0.1, 0.15) is 29.9 Å². The number of methoxy groups -OCH3 is 1. The van der Waals surface area contributed by atoms with Crippen LogP contribution in [0.3, 0.4) is 0 Å². The van der Waals surface area contributed by atoms with Crippen molar-refractivity contribution in [2.75, 3.05) is 7.11 Å². The fourth-order valence-electron chi connectivity index (χ4n) is 3.16. The van der Waals surface area contributed by atoms with E-state index in [0.717, 1.165) is 0 Å². The molecule has 3 aromatic rings. The number of hydrogen-bond donors (Lipinski definition) is 1. The average Bonchev–Trinajstić information content (AvgIpc) is 2.73. The van der Waals surface area contributed by atoms with Crippen molar-refractivity contribution in [3.8, 4) is 11.5 Å². The van der Waals surface area contributed by atoms with E-state index in [9.17, 15) is 18.4 Å². The van der Waals surface area contributed by atoms with Gasteiger partial charge in [0.25, 0.3) is 11.5 Å². The number of rotatable bonds is 8. The highest BCUT2D eigenvalue weighted by atomic mass is 19.3. The fourth-order valence-corrected chi connectivity index (χ4v) is 3.16. The molecule has 1 heterocycles. The number of alkyl halides is 2. The molecule has 1 aromatic heterocycles. The van der Waals surface area contributed by atoms with Gasteiger partial charge in [-0.05, 0) is 29.7 Å². The Hall–Kier alpha value is -3.49. The van der Waals surface area contributed by atoms with Crippen molar-refractivity contribution in [3.63, 3.8) is 0 Å². The molecule has 31 heavy (non-hydrogen) atoms. The molecule has 2 aromatic carbocycles. The number of carbonyl (C=O) groups excluding carboxylic acids is 1. The summed E-state index contributed by atoms with van der Waals surface area (Å²) in [5, 5.41) is 7.86. The van der Waals surface area contributed by atoms with Crippen molar-refractivity contribution in [2.45, 2.75) is 33.5 Å². The second-order valence-electron chi connectivity index (χ2n) is 7.32. The maximum Gasteiger partial charge on any atom is 0.387 e. The van der Waals surface area contributed by atoms with Crippen LogP contribution in [-0.4, -0.2) is 29.4 Å². The highest BCUT2D eigenvalue weighted by molar-refractivity contribution is 6.04.